The van der Waals surface area contributed by atoms with E-state index in [1.165, 1.54) is 0 Å². The Balaban J connectivity index is 1.19. The molecule has 0 radical (unpaired) electrons. The highest BCUT2D eigenvalue weighted by Gasteiger charge is 2.24. The minimum Gasteiger partial charge on any atom is -0.335 e. The molecule has 3 heterocycles. The van der Waals surface area contributed by atoms with Gasteiger partial charge in [-0.3, -0.25) is 14.7 Å². The molecule has 6 nitrogen and oxygen atoms in total. The Morgan fingerprint density at radius 2 is 1.71 bits per heavy atom. The molecule has 2 aromatic carbocycles. The number of halogens is 1. The Hall–Kier alpha value is -2.87. The largest absolute Gasteiger partial charge is 0.335 e. The third-order valence-electron chi connectivity index (χ3n) is 5.36. The van der Waals surface area contributed by atoms with E-state index in [0.717, 1.165) is 52.0 Å². The SMILES string of the molecule is O=C(c1cnc2ccccc2n1)N1CCN(Cc2csc(-c3ccc(Cl)cc3)n2)CC1. The number of nitrogens with zero attached hydrogens (tertiary/aromatic N) is 5. The van der Waals surface area contributed by atoms with Gasteiger partial charge in [0, 0.05) is 48.7 Å². The van der Waals surface area contributed by atoms with Crippen LogP contribution < -0.4 is 0 Å². The van der Waals surface area contributed by atoms with Crippen molar-refractivity contribution in [3.63, 3.8) is 0 Å². The summed E-state index contributed by atoms with van der Waals surface area (Å²) in [5.74, 6) is -0.0587. The molecule has 1 aliphatic heterocycles. The third kappa shape index (κ3) is 4.44. The van der Waals surface area contributed by atoms with Crippen LogP contribution in [0.3, 0.4) is 0 Å². The van der Waals surface area contributed by atoms with Crippen molar-refractivity contribution in [3.05, 3.63) is 76.5 Å². The molecule has 1 fully saturated rings. The number of benzene rings is 2. The molecule has 4 aromatic rings. The van der Waals surface area contributed by atoms with E-state index in [0.29, 0.717) is 18.8 Å². The van der Waals surface area contributed by atoms with E-state index in [2.05, 4.69) is 20.2 Å². The van der Waals surface area contributed by atoms with Gasteiger partial charge in [0.05, 0.1) is 22.9 Å². The molecule has 0 aliphatic carbocycles. The number of carbonyl (C=O) groups excluding carboxylic acids is 1. The molecule has 0 bridgehead atoms. The Kier molecular flexibility index (Phi) is 5.63. The lowest BCUT2D eigenvalue weighted by Gasteiger charge is -2.34. The number of hydrogen-bond acceptors (Lipinski definition) is 6. The van der Waals surface area contributed by atoms with E-state index in [1.54, 1.807) is 17.5 Å². The van der Waals surface area contributed by atoms with E-state index in [4.69, 9.17) is 16.6 Å². The van der Waals surface area contributed by atoms with Crippen LogP contribution in [0.4, 0.5) is 0 Å². The van der Waals surface area contributed by atoms with E-state index in [9.17, 15) is 4.79 Å². The van der Waals surface area contributed by atoms with Crippen molar-refractivity contribution < 1.29 is 4.79 Å². The Morgan fingerprint density at radius 3 is 2.48 bits per heavy atom. The molecule has 1 aliphatic rings. The van der Waals surface area contributed by atoms with Crippen LogP contribution in [0.2, 0.25) is 5.02 Å². The molecule has 5 rings (SSSR count). The normalized spacial score (nSPS) is 14.8. The van der Waals surface area contributed by atoms with E-state index >= 15 is 0 Å². The zero-order valence-electron chi connectivity index (χ0n) is 16.7. The summed E-state index contributed by atoms with van der Waals surface area (Å²) in [7, 11) is 0. The predicted octanol–water partition coefficient (Wildman–Crippen LogP) is 4.36. The van der Waals surface area contributed by atoms with Crippen molar-refractivity contribution in [2.75, 3.05) is 26.2 Å². The predicted molar refractivity (Wildman–Crippen MR) is 123 cm³/mol. The monoisotopic (exact) mass is 449 g/mol. The van der Waals surface area contributed by atoms with Gasteiger partial charge in [0.2, 0.25) is 0 Å². The van der Waals surface area contributed by atoms with Gasteiger partial charge in [-0.05, 0) is 24.3 Å². The number of fused-ring (bicyclic) bond motifs is 1. The summed E-state index contributed by atoms with van der Waals surface area (Å²) >= 11 is 7.61. The highest BCUT2D eigenvalue weighted by Crippen LogP contribution is 2.25. The van der Waals surface area contributed by atoms with Crippen LogP contribution in [-0.2, 0) is 6.54 Å². The highest BCUT2D eigenvalue weighted by atomic mass is 35.5. The molecule has 0 atom stereocenters. The molecule has 8 heteroatoms. The number of aromatic nitrogens is 3. The zero-order valence-corrected chi connectivity index (χ0v) is 18.3. The number of piperazine rings is 1. The lowest BCUT2D eigenvalue weighted by Crippen LogP contribution is -2.48. The quantitative estimate of drug-likeness (QED) is 0.463. The molecule has 1 saturated heterocycles. The van der Waals surface area contributed by atoms with Gasteiger partial charge in [-0.25, -0.2) is 9.97 Å². The summed E-state index contributed by atoms with van der Waals surface area (Å²) in [5, 5.41) is 3.82. The summed E-state index contributed by atoms with van der Waals surface area (Å²) in [5.41, 5.74) is 4.07. The summed E-state index contributed by atoms with van der Waals surface area (Å²) in [6.45, 7) is 3.73. The van der Waals surface area contributed by atoms with Crippen molar-refractivity contribution in [3.8, 4) is 10.6 Å². The first kappa shape index (κ1) is 20.1. The number of carbonyl (C=O) groups is 1. The summed E-state index contributed by atoms with van der Waals surface area (Å²) in [6.07, 6.45) is 1.57. The highest BCUT2D eigenvalue weighted by molar-refractivity contribution is 7.13. The van der Waals surface area contributed by atoms with Gasteiger partial charge in [0.25, 0.3) is 5.91 Å². The lowest BCUT2D eigenvalue weighted by atomic mass is 10.2. The number of amides is 1. The minimum absolute atomic E-state index is 0.0587. The fraction of sp³-hybridized carbons (Fsp3) is 0.217. The molecule has 0 saturated carbocycles. The van der Waals surface area contributed by atoms with Gasteiger partial charge in [0.1, 0.15) is 10.7 Å². The van der Waals surface area contributed by atoms with Crippen molar-refractivity contribution in [2.24, 2.45) is 0 Å². The fourth-order valence-corrected chi connectivity index (χ4v) is 4.61. The second kappa shape index (κ2) is 8.70. The van der Waals surface area contributed by atoms with E-state index in [1.807, 2.05) is 53.4 Å². The molecule has 2 aromatic heterocycles. The van der Waals surface area contributed by atoms with E-state index in [-0.39, 0.29) is 5.91 Å². The van der Waals surface area contributed by atoms with Crippen LogP contribution in [0.25, 0.3) is 21.6 Å². The average Bonchev–Trinajstić information content (AvgIpc) is 3.27. The first-order valence-corrected chi connectivity index (χ1v) is 11.4. The molecular weight excluding hydrogens is 430 g/mol. The van der Waals surface area contributed by atoms with Crippen molar-refractivity contribution in [1.29, 1.82) is 0 Å². The smallest absolute Gasteiger partial charge is 0.274 e. The van der Waals surface area contributed by atoms with Gasteiger partial charge in [-0.15, -0.1) is 11.3 Å². The Labute approximate surface area is 189 Å². The molecule has 156 valence electrons. The second-order valence-electron chi connectivity index (χ2n) is 7.46. The number of thiazole rings is 1. The maximum absolute atomic E-state index is 12.9. The summed E-state index contributed by atoms with van der Waals surface area (Å²) in [4.78, 5) is 30.7. The zero-order chi connectivity index (χ0) is 21.2. The average molecular weight is 450 g/mol. The fourth-order valence-electron chi connectivity index (χ4n) is 3.67. The maximum Gasteiger partial charge on any atom is 0.274 e. The van der Waals surface area contributed by atoms with Gasteiger partial charge in [-0.2, -0.15) is 0 Å². The summed E-state index contributed by atoms with van der Waals surface area (Å²) in [6, 6.07) is 15.3. The number of para-hydroxylation sites is 2. The van der Waals surface area contributed by atoms with Crippen LogP contribution in [0.1, 0.15) is 16.2 Å². The summed E-state index contributed by atoms with van der Waals surface area (Å²) < 4.78 is 0. The van der Waals surface area contributed by atoms with Gasteiger partial charge in [-0.1, -0.05) is 35.9 Å². The molecule has 31 heavy (non-hydrogen) atoms. The van der Waals surface area contributed by atoms with Crippen molar-refractivity contribution in [2.45, 2.75) is 6.54 Å². The van der Waals surface area contributed by atoms with Crippen molar-refractivity contribution in [1.82, 2.24) is 24.8 Å². The van der Waals surface area contributed by atoms with Gasteiger partial charge < -0.3 is 4.90 Å². The van der Waals surface area contributed by atoms with Crippen LogP contribution in [0, 0.1) is 0 Å². The standard InChI is InChI=1S/C23H20ClN5OS/c24-17-7-5-16(6-8-17)22-26-18(15-31-22)14-28-9-11-29(12-10-28)23(30)21-13-25-19-3-1-2-4-20(19)27-21/h1-8,13,15H,9-12,14H2. The Bertz CT molecular complexity index is 1220. The van der Waals surface area contributed by atoms with Gasteiger partial charge in [0.15, 0.2) is 0 Å². The van der Waals surface area contributed by atoms with Crippen LogP contribution >= 0.6 is 22.9 Å². The van der Waals surface area contributed by atoms with E-state index < -0.39 is 0 Å². The van der Waals surface area contributed by atoms with Gasteiger partial charge >= 0.3 is 0 Å². The number of rotatable bonds is 4. The minimum atomic E-state index is -0.0587. The van der Waals surface area contributed by atoms with Crippen molar-refractivity contribution >= 4 is 39.9 Å². The Morgan fingerprint density at radius 1 is 0.968 bits per heavy atom. The molecule has 0 spiro atoms. The molecule has 0 unspecified atom stereocenters. The first-order chi connectivity index (χ1) is 15.2. The third-order valence-corrected chi connectivity index (χ3v) is 6.55. The maximum atomic E-state index is 12.9. The van der Waals surface area contributed by atoms with Crippen LogP contribution in [0.15, 0.2) is 60.1 Å². The topological polar surface area (TPSA) is 62.2 Å². The molecule has 1 amide bonds. The number of hydrogen-bond donors (Lipinski definition) is 0. The lowest BCUT2D eigenvalue weighted by molar-refractivity contribution is 0.0621. The molecular formula is C23H20ClN5OS. The first-order valence-electron chi connectivity index (χ1n) is 10.1. The second-order valence-corrected chi connectivity index (χ2v) is 8.76. The van der Waals surface area contributed by atoms with Crippen LogP contribution in [0.5, 0.6) is 0 Å². The van der Waals surface area contributed by atoms with Crippen LogP contribution in [-0.4, -0.2) is 56.8 Å². The molecule has 0 N–H and O–H groups in total.